The van der Waals surface area contributed by atoms with E-state index in [1.54, 1.807) is 42.3 Å². The van der Waals surface area contributed by atoms with Crippen LogP contribution in [0.1, 0.15) is 0 Å². The molecule has 3 aromatic rings. The average Bonchev–Trinajstić information content (AvgIpc) is 2.88. The van der Waals surface area contributed by atoms with Gasteiger partial charge in [0.1, 0.15) is 0 Å². The second kappa shape index (κ2) is 15.8. The molecule has 0 N–H and O–H groups in total. The third-order valence-electron chi connectivity index (χ3n) is 2.52. The van der Waals surface area contributed by atoms with Crippen LogP contribution in [0.3, 0.4) is 0 Å². The zero-order valence-electron chi connectivity index (χ0n) is 15.0. The first-order valence-corrected chi connectivity index (χ1v) is 7.17. The van der Waals surface area contributed by atoms with Crippen molar-refractivity contribution in [2.24, 2.45) is 0 Å². The quantitative estimate of drug-likeness (QED) is 0.378. The maximum absolute atomic E-state index is 3.50. The Morgan fingerprint density at radius 2 is 0.826 bits per heavy atom. The molecule has 0 bridgehead atoms. The smallest absolute Gasteiger partial charge is 0.668 e. The van der Waals surface area contributed by atoms with Crippen molar-refractivity contribution in [2.45, 2.75) is 0 Å². The average molecular weight is 345 g/mol. The molecule has 3 nitrogen and oxygen atoms in total. The summed E-state index contributed by atoms with van der Waals surface area (Å²) in [5.41, 5.74) is 0. The van der Waals surface area contributed by atoms with Crippen molar-refractivity contribution in [1.29, 1.82) is 0 Å². The van der Waals surface area contributed by atoms with E-state index in [1.165, 1.54) is 21.5 Å². The minimum atomic E-state index is 0. The number of hydrogen-bond donors (Lipinski definition) is 0. The predicted octanol–water partition coefficient (Wildman–Crippen LogP) is 5.57. The molecule has 0 saturated carbocycles. The molecule has 0 aliphatic heterocycles. The Morgan fingerprint density at radius 3 is 1.13 bits per heavy atom. The first kappa shape index (κ1) is 24.2. The Hall–Kier alpha value is -1.10. The molecule has 0 saturated heterocycles. The minimum absolute atomic E-state index is 0. The van der Waals surface area contributed by atoms with Gasteiger partial charge in [-0.25, -0.2) is 0 Å². The van der Waals surface area contributed by atoms with Crippen molar-refractivity contribution >= 4 is 21.5 Å². The third-order valence-corrected chi connectivity index (χ3v) is 2.52. The molecule has 0 atom stereocenters. The second-order valence-corrected chi connectivity index (χ2v) is 4.66. The Morgan fingerprint density at radius 1 is 0.565 bits per heavy atom. The van der Waals surface area contributed by atoms with Gasteiger partial charge in [-0.15, -0.1) is 39.7 Å². The topological polar surface area (TPSA) is 42.3 Å². The maximum atomic E-state index is 3.50. The van der Waals surface area contributed by atoms with Gasteiger partial charge in [-0.3, -0.25) is 0 Å². The molecule has 0 amide bonds. The number of fused-ring (bicyclic) bond motifs is 3. The standard InChI is InChI=1S/C13H9.3C2H6N.Ti/c1-3-7-12-10(5-1)9-11-6-2-4-8-13(11)12;3*1-3-2;/h1-9H;3*1-2H3;/q4*-1;+4. The van der Waals surface area contributed by atoms with Gasteiger partial charge in [-0.2, -0.15) is 42.3 Å². The molecule has 0 radical (unpaired) electrons. The zero-order valence-corrected chi connectivity index (χ0v) is 16.6. The van der Waals surface area contributed by atoms with E-state index in [-0.39, 0.29) is 21.7 Å². The summed E-state index contributed by atoms with van der Waals surface area (Å²) >= 11 is 0. The van der Waals surface area contributed by atoms with Gasteiger partial charge in [0.25, 0.3) is 0 Å². The fourth-order valence-electron chi connectivity index (χ4n) is 1.90. The monoisotopic (exact) mass is 345 g/mol. The van der Waals surface area contributed by atoms with Crippen LogP contribution in [0, 0.1) is 0 Å². The van der Waals surface area contributed by atoms with Crippen molar-refractivity contribution < 1.29 is 21.7 Å². The van der Waals surface area contributed by atoms with Gasteiger partial charge in [-0.05, 0) is 0 Å². The van der Waals surface area contributed by atoms with Gasteiger partial charge in [0.2, 0.25) is 0 Å². The predicted molar refractivity (Wildman–Crippen MR) is 103 cm³/mol. The Bertz CT molecular complexity index is 565. The minimum Gasteiger partial charge on any atom is -0.668 e. The SMILES string of the molecule is C[N-]C.C[N-]C.C[N-]C.[Ti+4].c1ccc2c(c1)[cH-]c1ccccc12. The van der Waals surface area contributed by atoms with E-state index in [2.05, 4.69) is 70.5 Å². The Kier molecular flexibility index (Phi) is 16.6. The normalized spacial score (nSPS) is 8.61. The Labute approximate surface area is 156 Å². The molecule has 122 valence electrons. The summed E-state index contributed by atoms with van der Waals surface area (Å²) in [7, 11) is 10.5. The third kappa shape index (κ3) is 8.94. The first-order valence-electron chi connectivity index (χ1n) is 7.17. The molecule has 3 rings (SSSR count). The van der Waals surface area contributed by atoms with E-state index < -0.39 is 0 Å². The maximum Gasteiger partial charge on any atom is 4.00 e. The van der Waals surface area contributed by atoms with E-state index in [1.807, 2.05) is 0 Å². The number of nitrogens with zero attached hydrogens (tertiary/aromatic N) is 3. The second-order valence-electron chi connectivity index (χ2n) is 4.66. The zero-order chi connectivity index (χ0) is 16.8. The fraction of sp³-hybridized carbons (Fsp3) is 0.316. The summed E-state index contributed by atoms with van der Waals surface area (Å²) < 4.78 is 0. The number of hydrogen-bond acceptors (Lipinski definition) is 0. The molecule has 0 spiro atoms. The van der Waals surface area contributed by atoms with E-state index in [0.717, 1.165) is 0 Å². The van der Waals surface area contributed by atoms with Crippen LogP contribution in [0.15, 0.2) is 54.6 Å². The molecular formula is C19H27N3Ti. The van der Waals surface area contributed by atoms with Gasteiger partial charge in [0, 0.05) is 0 Å². The summed E-state index contributed by atoms with van der Waals surface area (Å²) in [6, 6.07) is 19.3. The van der Waals surface area contributed by atoms with Crippen LogP contribution in [-0.2, 0) is 21.7 Å². The van der Waals surface area contributed by atoms with Gasteiger partial charge in [0.15, 0.2) is 0 Å². The molecule has 23 heavy (non-hydrogen) atoms. The molecule has 0 heterocycles. The van der Waals surface area contributed by atoms with Crippen LogP contribution >= 0.6 is 0 Å². The van der Waals surface area contributed by atoms with Crippen LogP contribution in [-0.4, -0.2) is 42.3 Å². The summed E-state index contributed by atoms with van der Waals surface area (Å²) in [6.07, 6.45) is 0. The summed E-state index contributed by atoms with van der Waals surface area (Å²) in [5.74, 6) is 0. The van der Waals surface area contributed by atoms with Gasteiger partial charge < -0.3 is 16.0 Å². The van der Waals surface area contributed by atoms with Gasteiger partial charge in [0.05, 0.1) is 0 Å². The van der Waals surface area contributed by atoms with Crippen LogP contribution < -0.4 is 0 Å². The van der Waals surface area contributed by atoms with Crippen LogP contribution in [0.25, 0.3) is 37.5 Å². The molecule has 0 aliphatic carbocycles. The van der Waals surface area contributed by atoms with E-state index in [9.17, 15) is 0 Å². The van der Waals surface area contributed by atoms with Crippen LogP contribution in [0.4, 0.5) is 0 Å². The molecular weight excluding hydrogens is 318 g/mol. The van der Waals surface area contributed by atoms with Crippen molar-refractivity contribution in [1.82, 2.24) is 0 Å². The van der Waals surface area contributed by atoms with Crippen LogP contribution in [0.5, 0.6) is 0 Å². The summed E-state index contributed by atoms with van der Waals surface area (Å²) in [5, 5.41) is 15.9. The fourth-order valence-corrected chi connectivity index (χ4v) is 1.90. The number of rotatable bonds is 0. The molecule has 3 aromatic carbocycles. The molecule has 0 aliphatic rings. The van der Waals surface area contributed by atoms with Gasteiger partial charge >= 0.3 is 21.7 Å². The summed E-state index contributed by atoms with van der Waals surface area (Å²) in [6.45, 7) is 0. The van der Waals surface area contributed by atoms with E-state index >= 15 is 0 Å². The van der Waals surface area contributed by atoms with E-state index in [0.29, 0.717) is 0 Å². The number of benzene rings is 2. The molecule has 0 fully saturated rings. The van der Waals surface area contributed by atoms with Crippen molar-refractivity contribution in [3.63, 3.8) is 0 Å². The van der Waals surface area contributed by atoms with Crippen molar-refractivity contribution in [3.05, 3.63) is 70.5 Å². The summed E-state index contributed by atoms with van der Waals surface area (Å²) in [4.78, 5) is 0. The van der Waals surface area contributed by atoms with E-state index in [4.69, 9.17) is 0 Å². The largest absolute Gasteiger partial charge is 4.00 e. The van der Waals surface area contributed by atoms with Crippen LogP contribution in [0.2, 0.25) is 0 Å². The van der Waals surface area contributed by atoms with Crippen molar-refractivity contribution in [3.8, 4) is 0 Å². The Balaban J connectivity index is 0. The molecule has 4 heteroatoms. The van der Waals surface area contributed by atoms with Gasteiger partial charge in [-0.1, -0.05) is 36.4 Å². The van der Waals surface area contributed by atoms with Crippen molar-refractivity contribution in [2.75, 3.05) is 42.3 Å². The molecule has 0 unspecified atom stereocenters. The molecule has 0 aromatic heterocycles. The first-order chi connectivity index (χ1) is 10.7.